The Bertz CT molecular complexity index is 425. The van der Waals surface area contributed by atoms with Crippen LogP contribution in [0.5, 0.6) is 0 Å². The Hall–Kier alpha value is -1.55. The lowest BCUT2D eigenvalue weighted by Crippen LogP contribution is -2.38. The Kier molecular flexibility index (Phi) is 3.33. The second kappa shape index (κ2) is 4.75. The average molecular weight is 234 g/mol. The Labute approximate surface area is 101 Å². The SMILES string of the molecule is Cc1ccc(N)c(C(=O)NCC2CC(O)C2)c1. The molecule has 2 rings (SSSR count). The van der Waals surface area contributed by atoms with Crippen molar-refractivity contribution in [3.05, 3.63) is 29.3 Å². The van der Waals surface area contributed by atoms with Crippen LogP contribution in [-0.2, 0) is 0 Å². The minimum atomic E-state index is -0.180. The zero-order valence-corrected chi connectivity index (χ0v) is 9.94. The molecule has 4 N–H and O–H groups in total. The van der Waals surface area contributed by atoms with Crippen molar-refractivity contribution in [2.45, 2.75) is 25.9 Å². The summed E-state index contributed by atoms with van der Waals surface area (Å²) in [6, 6.07) is 5.42. The maximum absolute atomic E-state index is 11.9. The van der Waals surface area contributed by atoms with Crippen molar-refractivity contribution in [1.82, 2.24) is 5.32 Å². The first kappa shape index (κ1) is 11.9. The highest BCUT2D eigenvalue weighted by molar-refractivity contribution is 5.99. The highest BCUT2D eigenvalue weighted by Crippen LogP contribution is 2.26. The van der Waals surface area contributed by atoms with Crippen molar-refractivity contribution >= 4 is 11.6 Å². The molecule has 4 heteroatoms. The third kappa shape index (κ3) is 2.77. The first-order chi connectivity index (χ1) is 8.06. The third-order valence-electron chi connectivity index (χ3n) is 3.22. The molecule has 0 atom stereocenters. The minimum absolute atomic E-state index is 0.132. The summed E-state index contributed by atoms with van der Waals surface area (Å²) in [4.78, 5) is 11.9. The molecule has 0 spiro atoms. The van der Waals surface area contributed by atoms with Gasteiger partial charge in [-0.25, -0.2) is 0 Å². The van der Waals surface area contributed by atoms with Crippen LogP contribution < -0.4 is 11.1 Å². The van der Waals surface area contributed by atoms with Crippen LogP contribution in [0.3, 0.4) is 0 Å². The Balaban J connectivity index is 1.92. The van der Waals surface area contributed by atoms with E-state index in [1.165, 1.54) is 0 Å². The molecule has 1 saturated carbocycles. The summed E-state index contributed by atoms with van der Waals surface area (Å²) in [6.07, 6.45) is 1.38. The van der Waals surface area contributed by atoms with Crippen molar-refractivity contribution in [2.24, 2.45) is 5.92 Å². The molecule has 1 aromatic rings. The van der Waals surface area contributed by atoms with Crippen molar-refractivity contribution in [1.29, 1.82) is 0 Å². The van der Waals surface area contributed by atoms with Gasteiger partial charge in [0.1, 0.15) is 0 Å². The molecule has 0 saturated heterocycles. The number of aliphatic hydroxyl groups excluding tert-OH is 1. The molecule has 17 heavy (non-hydrogen) atoms. The van der Waals surface area contributed by atoms with E-state index < -0.39 is 0 Å². The van der Waals surface area contributed by atoms with Gasteiger partial charge in [-0.2, -0.15) is 0 Å². The minimum Gasteiger partial charge on any atom is -0.398 e. The van der Waals surface area contributed by atoms with Gasteiger partial charge < -0.3 is 16.2 Å². The van der Waals surface area contributed by atoms with E-state index in [9.17, 15) is 4.79 Å². The molecular formula is C13H18N2O2. The molecule has 4 nitrogen and oxygen atoms in total. The predicted octanol–water partition coefficient (Wildman–Crippen LogP) is 1.08. The Morgan fingerprint density at radius 3 is 2.88 bits per heavy atom. The maximum atomic E-state index is 11.9. The summed E-state index contributed by atoms with van der Waals surface area (Å²) in [5.41, 5.74) is 7.82. The number of rotatable bonds is 3. The van der Waals surface area contributed by atoms with E-state index in [1.54, 1.807) is 12.1 Å². The van der Waals surface area contributed by atoms with Crippen LogP contribution >= 0.6 is 0 Å². The van der Waals surface area contributed by atoms with E-state index in [4.69, 9.17) is 10.8 Å². The maximum Gasteiger partial charge on any atom is 0.253 e. The molecule has 0 aliphatic heterocycles. The summed E-state index contributed by atoms with van der Waals surface area (Å²) in [6.45, 7) is 2.54. The van der Waals surface area contributed by atoms with Crippen molar-refractivity contribution in [3.63, 3.8) is 0 Å². The molecule has 0 radical (unpaired) electrons. The fraction of sp³-hybridized carbons (Fsp3) is 0.462. The van der Waals surface area contributed by atoms with E-state index in [0.29, 0.717) is 23.7 Å². The van der Waals surface area contributed by atoms with Crippen molar-refractivity contribution in [3.8, 4) is 0 Å². The summed E-state index contributed by atoms with van der Waals surface area (Å²) in [5, 5.41) is 12.0. The number of nitrogen functional groups attached to an aromatic ring is 1. The molecule has 1 aliphatic carbocycles. The number of aryl methyl sites for hydroxylation is 1. The molecule has 1 amide bonds. The van der Waals surface area contributed by atoms with Crippen molar-refractivity contribution in [2.75, 3.05) is 12.3 Å². The van der Waals surface area contributed by atoms with E-state index in [0.717, 1.165) is 18.4 Å². The van der Waals surface area contributed by atoms with Gasteiger partial charge in [-0.05, 0) is 37.8 Å². The van der Waals surface area contributed by atoms with E-state index in [-0.39, 0.29) is 12.0 Å². The first-order valence-corrected chi connectivity index (χ1v) is 5.88. The zero-order valence-electron chi connectivity index (χ0n) is 9.94. The van der Waals surface area contributed by atoms with Gasteiger partial charge in [-0.1, -0.05) is 11.6 Å². The number of nitrogens with one attached hydrogen (secondary N) is 1. The molecule has 0 bridgehead atoms. The fourth-order valence-electron chi connectivity index (χ4n) is 2.07. The summed E-state index contributed by atoms with van der Waals surface area (Å²) < 4.78 is 0. The van der Waals surface area contributed by atoms with E-state index in [2.05, 4.69) is 5.32 Å². The smallest absolute Gasteiger partial charge is 0.253 e. The topological polar surface area (TPSA) is 75.4 Å². The number of carbonyl (C=O) groups is 1. The summed E-state index contributed by atoms with van der Waals surface area (Å²) in [5.74, 6) is 0.271. The summed E-state index contributed by atoms with van der Waals surface area (Å²) in [7, 11) is 0. The fourth-order valence-corrected chi connectivity index (χ4v) is 2.07. The van der Waals surface area contributed by atoms with Crippen LogP contribution in [-0.4, -0.2) is 23.7 Å². The van der Waals surface area contributed by atoms with Crippen LogP contribution in [0.15, 0.2) is 18.2 Å². The zero-order chi connectivity index (χ0) is 12.4. The lowest BCUT2D eigenvalue weighted by Gasteiger charge is -2.31. The van der Waals surface area contributed by atoms with Gasteiger partial charge in [0.15, 0.2) is 0 Å². The molecule has 1 aliphatic rings. The second-order valence-corrected chi connectivity index (χ2v) is 4.79. The first-order valence-electron chi connectivity index (χ1n) is 5.88. The monoisotopic (exact) mass is 234 g/mol. The highest BCUT2D eigenvalue weighted by Gasteiger charge is 2.27. The quantitative estimate of drug-likeness (QED) is 0.685. The van der Waals surface area contributed by atoms with Gasteiger partial charge in [-0.15, -0.1) is 0 Å². The predicted molar refractivity (Wildman–Crippen MR) is 66.7 cm³/mol. The molecule has 0 unspecified atom stereocenters. The highest BCUT2D eigenvalue weighted by atomic mass is 16.3. The molecule has 92 valence electrons. The molecule has 1 fully saturated rings. The van der Waals surface area contributed by atoms with Crippen LogP contribution in [0.4, 0.5) is 5.69 Å². The second-order valence-electron chi connectivity index (χ2n) is 4.79. The number of anilines is 1. The van der Waals surface area contributed by atoms with Crippen LogP contribution in [0, 0.1) is 12.8 Å². The van der Waals surface area contributed by atoms with Gasteiger partial charge in [0, 0.05) is 12.2 Å². The molecular weight excluding hydrogens is 216 g/mol. The number of aliphatic hydroxyl groups is 1. The number of carbonyl (C=O) groups excluding carboxylic acids is 1. The van der Waals surface area contributed by atoms with Gasteiger partial charge in [-0.3, -0.25) is 4.79 Å². The van der Waals surface area contributed by atoms with E-state index >= 15 is 0 Å². The number of benzene rings is 1. The number of amides is 1. The van der Waals surface area contributed by atoms with Gasteiger partial charge in [0.05, 0.1) is 11.7 Å². The Morgan fingerprint density at radius 2 is 2.24 bits per heavy atom. The largest absolute Gasteiger partial charge is 0.398 e. The number of hydrogen-bond donors (Lipinski definition) is 3. The number of hydrogen-bond acceptors (Lipinski definition) is 3. The lowest BCUT2D eigenvalue weighted by molar-refractivity contribution is 0.0420. The summed E-state index contributed by atoms with van der Waals surface area (Å²) >= 11 is 0. The lowest BCUT2D eigenvalue weighted by atomic mass is 9.82. The average Bonchev–Trinajstić information content (AvgIpc) is 2.26. The molecule has 0 heterocycles. The van der Waals surface area contributed by atoms with Gasteiger partial charge >= 0.3 is 0 Å². The number of nitrogens with two attached hydrogens (primary N) is 1. The van der Waals surface area contributed by atoms with Crippen LogP contribution in [0.2, 0.25) is 0 Å². The van der Waals surface area contributed by atoms with E-state index in [1.807, 2.05) is 13.0 Å². The normalized spacial score (nSPS) is 22.9. The van der Waals surface area contributed by atoms with Gasteiger partial charge in [0.25, 0.3) is 5.91 Å². The van der Waals surface area contributed by atoms with Crippen LogP contribution in [0.1, 0.15) is 28.8 Å². The standard InChI is InChI=1S/C13H18N2O2/c1-8-2-3-12(14)11(4-8)13(17)15-7-9-5-10(16)6-9/h2-4,9-10,16H,5-7,14H2,1H3,(H,15,17). The third-order valence-corrected chi connectivity index (χ3v) is 3.22. The Morgan fingerprint density at radius 1 is 1.53 bits per heavy atom. The van der Waals surface area contributed by atoms with Crippen LogP contribution in [0.25, 0.3) is 0 Å². The molecule has 0 aromatic heterocycles. The van der Waals surface area contributed by atoms with Crippen molar-refractivity contribution < 1.29 is 9.90 Å². The van der Waals surface area contributed by atoms with Gasteiger partial charge in [0.2, 0.25) is 0 Å². The molecule has 1 aromatic carbocycles.